The highest BCUT2D eigenvalue weighted by atomic mass is 14.8. The van der Waals surface area contributed by atoms with E-state index in [1.165, 1.54) is 0 Å². The molecule has 0 amide bonds. The average Bonchev–Trinajstić information content (AvgIpc) is 2.32. The molecule has 0 aromatic carbocycles. The second-order valence-corrected chi connectivity index (χ2v) is 4.70. The van der Waals surface area contributed by atoms with Crippen molar-refractivity contribution in [3.8, 4) is 0 Å². The van der Waals surface area contributed by atoms with Crippen molar-refractivity contribution in [1.29, 1.82) is 0 Å². The summed E-state index contributed by atoms with van der Waals surface area (Å²) in [5.74, 6) is 0. The average molecular weight is 241 g/mol. The van der Waals surface area contributed by atoms with E-state index in [4.69, 9.17) is 0 Å². The number of rotatable bonds is 3. The first kappa shape index (κ1) is 12.7. The van der Waals surface area contributed by atoms with Crippen LogP contribution in [0.15, 0.2) is 18.2 Å². The molecule has 94 valence electrons. The second kappa shape index (κ2) is 5.25. The minimum absolute atomic E-state index is 0.899. The van der Waals surface area contributed by atoms with Gasteiger partial charge in [-0.2, -0.15) is 0 Å². The third kappa shape index (κ3) is 2.92. The normalized spacial score (nSPS) is 10.7. The lowest BCUT2D eigenvalue weighted by Gasteiger charge is -2.07. The van der Waals surface area contributed by atoms with E-state index in [0.29, 0.717) is 0 Å². The van der Waals surface area contributed by atoms with Crippen molar-refractivity contribution in [3.63, 3.8) is 0 Å². The Hall–Kier alpha value is -1.77. The molecule has 0 radical (unpaired) electrons. The molecular weight excluding hydrogens is 222 g/mol. The van der Waals surface area contributed by atoms with Crippen LogP contribution in [0.4, 0.5) is 0 Å². The van der Waals surface area contributed by atoms with Gasteiger partial charge in [-0.15, -0.1) is 0 Å². The van der Waals surface area contributed by atoms with Crippen molar-refractivity contribution in [2.75, 3.05) is 0 Å². The Kier molecular flexibility index (Phi) is 3.70. The van der Waals surface area contributed by atoms with E-state index in [1.807, 2.05) is 33.8 Å². The topological polar surface area (TPSA) is 38.7 Å². The van der Waals surface area contributed by atoms with Gasteiger partial charge in [-0.25, -0.2) is 0 Å². The van der Waals surface area contributed by atoms with Crippen LogP contribution >= 0.6 is 0 Å². The van der Waals surface area contributed by atoms with E-state index < -0.39 is 0 Å². The number of hydrogen-bond donors (Lipinski definition) is 0. The lowest BCUT2D eigenvalue weighted by atomic mass is 10.1. The Morgan fingerprint density at radius 3 is 2.22 bits per heavy atom. The van der Waals surface area contributed by atoms with E-state index in [9.17, 15) is 0 Å². The molecule has 0 atom stereocenters. The zero-order valence-corrected chi connectivity index (χ0v) is 11.5. The standard InChI is InChI=1S/C15H19N3/c1-10-6-5-7-14(16-10)8-9-15-13(4)17-11(2)12(3)18-15/h5-7H,8-9H2,1-4H3. The Labute approximate surface area is 108 Å². The first-order chi connectivity index (χ1) is 8.56. The summed E-state index contributed by atoms with van der Waals surface area (Å²) in [7, 11) is 0. The predicted octanol–water partition coefficient (Wildman–Crippen LogP) is 2.89. The molecule has 0 spiro atoms. The van der Waals surface area contributed by atoms with E-state index >= 15 is 0 Å². The summed E-state index contributed by atoms with van der Waals surface area (Å²) in [6.45, 7) is 8.06. The molecule has 3 nitrogen and oxygen atoms in total. The van der Waals surface area contributed by atoms with Crippen LogP contribution in [-0.4, -0.2) is 15.0 Å². The molecular formula is C15H19N3. The molecule has 0 aliphatic heterocycles. The van der Waals surface area contributed by atoms with Gasteiger partial charge in [-0.05, 0) is 52.7 Å². The SMILES string of the molecule is Cc1cccc(CCc2nc(C)c(C)nc2C)n1. The molecule has 0 aliphatic rings. The first-order valence-electron chi connectivity index (χ1n) is 6.29. The summed E-state index contributed by atoms with van der Waals surface area (Å²) in [4.78, 5) is 13.6. The summed E-state index contributed by atoms with van der Waals surface area (Å²) in [5.41, 5.74) is 6.34. The van der Waals surface area contributed by atoms with Gasteiger partial charge in [-0.1, -0.05) is 6.07 Å². The van der Waals surface area contributed by atoms with Gasteiger partial charge in [0.2, 0.25) is 0 Å². The molecule has 2 heterocycles. The third-order valence-electron chi connectivity index (χ3n) is 3.14. The molecule has 3 heteroatoms. The van der Waals surface area contributed by atoms with Gasteiger partial charge in [0.15, 0.2) is 0 Å². The van der Waals surface area contributed by atoms with Gasteiger partial charge in [0.25, 0.3) is 0 Å². The number of nitrogens with zero attached hydrogens (tertiary/aromatic N) is 3. The molecule has 0 bridgehead atoms. The second-order valence-electron chi connectivity index (χ2n) is 4.70. The molecule has 0 N–H and O–H groups in total. The van der Waals surface area contributed by atoms with E-state index in [1.54, 1.807) is 0 Å². The van der Waals surface area contributed by atoms with E-state index in [2.05, 4.69) is 27.1 Å². The number of aromatic nitrogens is 3. The van der Waals surface area contributed by atoms with Crippen LogP contribution in [0.3, 0.4) is 0 Å². The molecule has 0 aliphatic carbocycles. The fourth-order valence-electron chi connectivity index (χ4n) is 1.98. The van der Waals surface area contributed by atoms with Crippen molar-refractivity contribution in [1.82, 2.24) is 15.0 Å². The molecule has 18 heavy (non-hydrogen) atoms. The highest BCUT2D eigenvalue weighted by molar-refractivity contribution is 5.19. The zero-order chi connectivity index (χ0) is 13.1. The Morgan fingerprint density at radius 2 is 1.50 bits per heavy atom. The van der Waals surface area contributed by atoms with Gasteiger partial charge in [0, 0.05) is 11.4 Å². The molecule has 0 unspecified atom stereocenters. The van der Waals surface area contributed by atoms with Crippen LogP contribution < -0.4 is 0 Å². The van der Waals surface area contributed by atoms with Crippen molar-refractivity contribution in [3.05, 3.63) is 52.4 Å². The van der Waals surface area contributed by atoms with Crippen LogP contribution in [0.2, 0.25) is 0 Å². The fraction of sp³-hybridized carbons (Fsp3) is 0.400. The maximum Gasteiger partial charge on any atom is 0.0623 e. The van der Waals surface area contributed by atoms with Crippen molar-refractivity contribution >= 4 is 0 Å². The minimum atomic E-state index is 0.899. The molecule has 0 fully saturated rings. The van der Waals surface area contributed by atoms with Crippen LogP contribution in [0.25, 0.3) is 0 Å². The predicted molar refractivity (Wildman–Crippen MR) is 72.6 cm³/mol. The van der Waals surface area contributed by atoms with Crippen LogP contribution in [0.5, 0.6) is 0 Å². The molecule has 0 saturated heterocycles. The Balaban J connectivity index is 2.13. The highest BCUT2D eigenvalue weighted by Gasteiger charge is 2.06. The lowest BCUT2D eigenvalue weighted by Crippen LogP contribution is -2.05. The summed E-state index contributed by atoms with van der Waals surface area (Å²) in [6, 6.07) is 6.14. The number of aryl methyl sites for hydroxylation is 6. The van der Waals surface area contributed by atoms with Gasteiger partial charge < -0.3 is 0 Å². The molecule has 2 rings (SSSR count). The molecule has 2 aromatic heterocycles. The highest BCUT2D eigenvalue weighted by Crippen LogP contribution is 2.10. The maximum atomic E-state index is 4.62. The van der Waals surface area contributed by atoms with Gasteiger partial charge in [0.05, 0.1) is 22.8 Å². The van der Waals surface area contributed by atoms with Crippen LogP contribution in [0.1, 0.15) is 34.2 Å². The summed E-state index contributed by atoms with van der Waals surface area (Å²) < 4.78 is 0. The van der Waals surface area contributed by atoms with Gasteiger partial charge in [-0.3, -0.25) is 15.0 Å². The fourth-order valence-corrected chi connectivity index (χ4v) is 1.98. The Bertz CT molecular complexity index is 562. The maximum absolute atomic E-state index is 4.62. The number of hydrogen-bond acceptors (Lipinski definition) is 3. The summed E-state index contributed by atoms with van der Waals surface area (Å²) in [5, 5.41) is 0. The Morgan fingerprint density at radius 1 is 0.778 bits per heavy atom. The molecule has 0 saturated carbocycles. The lowest BCUT2D eigenvalue weighted by molar-refractivity contribution is 0.829. The summed E-state index contributed by atoms with van der Waals surface area (Å²) in [6.07, 6.45) is 1.82. The number of pyridine rings is 1. The van der Waals surface area contributed by atoms with E-state index in [0.717, 1.165) is 47.0 Å². The monoisotopic (exact) mass is 241 g/mol. The van der Waals surface area contributed by atoms with Gasteiger partial charge in [0.1, 0.15) is 0 Å². The molecule has 2 aromatic rings. The third-order valence-corrected chi connectivity index (χ3v) is 3.14. The van der Waals surface area contributed by atoms with Gasteiger partial charge >= 0.3 is 0 Å². The van der Waals surface area contributed by atoms with Crippen molar-refractivity contribution < 1.29 is 0 Å². The summed E-state index contributed by atoms with van der Waals surface area (Å²) >= 11 is 0. The van der Waals surface area contributed by atoms with E-state index in [-0.39, 0.29) is 0 Å². The van der Waals surface area contributed by atoms with Crippen molar-refractivity contribution in [2.45, 2.75) is 40.5 Å². The van der Waals surface area contributed by atoms with Crippen molar-refractivity contribution in [2.24, 2.45) is 0 Å². The quantitative estimate of drug-likeness (QED) is 0.829. The smallest absolute Gasteiger partial charge is 0.0623 e. The van der Waals surface area contributed by atoms with Crippen LogP contribution in [0, 0.1) is 27.7 Å². The van der Waals surface area contributed by atoms with Crippen LogP contribution in [-0.2, 0) is 12.8 Å². The zero-order valence-electron chi connectivity index (χ0n) is 11.5. The minimum Gasteiger partial charge on any atom is -0.258 e. The first-order valence-corrected chi connectivity index (χ1v) is 6.29. The largest absolute Gasteiger partial charge is 0.258 e.